The summed E-state index contributed by atoms with van der Waals surface area (Å²) < 4.78 is 5.34. The molecule has 0 saturated heterocycles. The van der Waals surface area contributed by atoms with Crippen LogP contribution in [-0.4, -0.2) is 18.4 Å². The monoisotopic (exact) mass is 318 g/mol. The first-order valence-corrected chi connectivity index (χ1v) is 6.92. The van der Waals surface area contributed by atoms with Crippen molar-refractivity contribution in [2.75, 3.05) is 11.9 Å². The summed E-state index contributed by atoms with van der Waals surface area (Å²) in [5, 5.41) is 3.06. The normalized spacial score (nSPS) is 10.1. The predicted molar refractivity (Wildman–Crippen MR) is 85.3 cm³/mol. The Balaban J connectivity index is 1.99. The van der Waals surface area contributed by atoms with Crippen LogP contribution in [0.2, 0.25) is 5.02 Å². The summed E-state index contributed by atoms with van der Waals surface area (Å²) in [6, 6.07) is 11.8. The van der Waals surface area contributed by atoms with Crippen molar-refractivity contribution in [3.05, 3.63) is 58.6 Å². The SMILES string of the molecule is Cc1ccc(NC(=O)COc2ccc(Cl)cc2C(N)=O)cc1. The maximum absolute atomic E-state index is 11.8. The minimum atomic E-state index is -0.670. The standard InChI is InChI=1S/C16H15ClN2O3/c1-10-2-5-12(6-3-10)19-15(20)9-22-14-7-4-11(17)8-13(14)16(18)21/h2-8H,9H2,1H3,(H2,18,21)(H,19,20). The van der Waals surface area contributed by atoms with Gasteiger partial charge in [0.15, 0.2) is 6.61 Å². The van der Waals surface area contributed by atoms with Gasteiger partial charge in [0.25, 0.3) is 11.8 Å². The lowest BCUT2D eigenvalue weighted by molar-refractivity contribution is -0.118. The Morgan fingerprint density at radius 3 is 2.50 bits per heavy atom. The molecule has 2 aromatic carbocycles. The molecule has 2 rings (SSSR count). The second-order valence-corrected chi connectivity index (χ2v) is 5.14. The Hall–Kier alpha value is -2.53. The van der Waals surface area contributed by atoms with E-state index < -0.39 is 5.91 Å². The van der Waals surface area contributed by atoms with Gasteiger partial charge in [-0.2, -0.15) is 0 Å². The van der Waals surface area contributed by atoms with Gasteiger partial charge in [-0.15, -0.1) is 0 Å². The Kier molecular flexibility index (Phi) is 5.01. The van der Waals surface area contributed by atoms with Crippen LogP contribution in [0.25, 0.3) is 0 Å². The lowest BCUT2D eigenvalue weighted by Gasteiger charge is -2.10. The molecular formula is C16H15ClN2O3. The molecule has 114 valence electrons. The Morgan fingerprint density at radius 2 is 1.86 bits per heavy atom. The van der Waals surface area contributed by atoms with Crippen LogP contribution >= 0.6 is 11.6 Å². The topological polar surface area (TPSA) is 81.4 Å². The van der Waals surface area contributed by atoms with Gasteiger partial charge in [-0.3, -0.25) is 9.59 Å². The van der Waals surface area contributed by atoms with Gasteiger partial charge in [0.2, 0.25) is 0 Å². The van der Waals surface area contributed by atoms with Gasteiger partial charge in [0, 0.05) is 10.7 Å². The molecule has 0 saturated carbocycles. The molecule has 0 aliphatic carbocycles. The largest absolute Gasteiger partial charge is 0.483 e. The lowest BCUT2D eigenvalue weighted by Crippen LogP contribution is -2.21. The minimum absolute atomic E-state index is 0.135. The van der Waals surface area contributed by atoms with Crippen LogP contribution < -0.4 is 15.8 Å². The van der Waals surface area contributed by atoms with Crippen LogP contribution in [0.15, 0.2) is 42.5 Å². The van der Waals surface area contributed by atoms with E-state index in [0.29, 0.717) is 10.7 Å². The van der Waals surface area contributed by atoms with Crippen molar-refractivity contribution in [2.24, 2.45) is 5.73 Å². The predicted octanol–water partition coefficient (Wildman–Crippen LogP) is 2.76. The summed E-state index contributed by atoms with van der Waals surface area (Å²) in [5.41, 5.74) is 7.15. The van der Waals surface area contributed by atoms with Crippen LogP contribution in [0, 0.1) is 6.92 Å². The summed E-state index contributed by atoms with van der Waals surface area (Å²) in [7, 11) is 0. The Labute approximate surface area is 133 Å². The van der Waals surface area contributed by atoms with E-state index in [4.69, 9.17) is 22.1 Å². The number of anilines is 1. The molecule has 0 fully saturated rings. The first-order valence-electron chi connectivity index (χ1n) is 6.54. The van der Waals surface area contributed by atoms with Crippen molar-refractivity contribution in [3.8, 4) is 5.75 Å². The number of primary amides is 1. The molecule has 0 heterocycles. The summed E-state index contributed by atoms with van der Waals surface area (Å²) in [5.74, 6) is -0.790. The van der Waals surface area contributed by atoms with Crippen LogP contribution in [-0.2, 0) is 4.79 Å². The van der Waals surface area contributed by atoms with E-state index in [9.17, 15) is 9.59 Å². The second kappa shape index (κ2) is 6.95. The van der Waals surface area contributed by atoms with Crippen molar-refractivity contribution in [1.29, 1.82) is 0 Å². The van der Waals surface area contributed by atoms with Crippen LogP contribution in [0.4, 0.5) is 5.69 Å². The first-order chi connectivity index (χ1) is 10.5. The van der Waals surface area contributed by atoms with Crippen molar-refractivity contribution >= 4 is 29.1 Å². The lowest BCUT2D eigenvalue weighted by atomic mass is 10.2. The van der Waals surface area contributed by atoms with Gasteiger partial charge in [-0.1, -0.05) is 29.3 Å². The molecule has 0 unspecified atom stereocenters. The molecule has 2 aromatic rings. The molecular weight excluding hydrogens is 304 g/mol. The van der Waals surface area contributed by atoms with E-state index in [1.54, 1.807) is 18.2 Å². The zero-order chi connectivity index (χ0) is 16.1. The van der Waals surface area contributed by atoms with Crippen molar-refractivity contribution in [1.82, 2.24) is 0 Å². The number of benzene rings is 2. The summed E-state index contributed by atoms with van der Waals surface area (Å²) in [4.78, 5) is 23.2. The number of hydrogen-bond acceptors (Lipinski definition) is 3. The van der Waals surface area contributed by atoms with Gasteiger partial charge in [0.1, 0.15) is 5.75 Å². The minimum Gasteiger partial charge on any atom is -0.483 e. The highest BCUT2D eigenvalue weighted by Crippen LogP contribution is 2.22. The highest BCUT2D eigenvalue weighted by molar-refractivity contribution is 6.31. The number of rotatable bonds is 5. The molecule has 0 aliphatic rings. The second-order valence-electron chi connectivity index (χ2n) is 4.71. The highest BCUT2D eigenvalue weighted by Gasteiger charge is 2.12. The van der Waals surface area contributed by atoms with E-state index in [2.05, 4.69) is 5.32 Å². The quantitative estimate of drug-likeness (QED) is 0.889. The average molecular weight is 319 g/mol. The van der Waals surface area contributed by atoms with Crippen molar-refractivity contribution in [2.45, 2.75) is 6.92 Å². The number of carbonyl (C=O) groups excluding carboxylic acids is 2. The first kappa shape index (κ1) is 15.9. The average Bonchev–Trinajstić information content (AvgIpc) is 2.48. The molecule has 0 bridgehead atoms. The fourth-order valence-electron chi connectivity index (χ4n) is 1.80. The van der Waals surface area contributed by atoms with Crippen molar-refractivity contribution in [3.63, 3.8) is 0 Å². The number of hydrogen-bond donors (Lipinski definition) is 2. The summed E-state index contributed by atoms with van der Waals surface area (Å²) >= 11 is 5.80. The molecule has 22 heavy (non-hydrogen) atoms. The summed E-state index contributed by atoms with van der Waals surface area (Å²) in [6.45, 7) is 1.72. The molecule has 2 amide bonds. The van der Waals surface area contributed by atoms with E-state index >= 15 is 0 Å². The van der Waals surface area contributed by atoms with E-state index in [1.807, 2.05) is 19.1 Å². The smallest absolute Gasteiger partial charge is 0.262 e. The number of aryl methyl sites for hydroxylation is 1. The maximum atomic E-state index is 11.8. The molecule has 0 spiro atoms. The Morgan fingerprint density at radius 1 is 1.18 bits per heavy atom. The number of ether oxygens (including phenoxy) is 1. The van der Waals surface area contributed by atoms with Gasteiger partial charge < -0.3 is 15.8 Å². The summed E-state index contributed by atoms with van der Waals surface area (Å²) in [6.07, 6.45) is 0. The Bertz CT molecular complexity index is 699. The zero-order valence-electron chi connectivity index (χ0n) is 11.9. The third-order valence-electron chi connectivity index (χ3n) is 2.90. The van der Waals surface area contributed by atoms with Crippen LogP contribution in [0.1, 0.15) is 15.9 Å². The van der Waals surface area contributed by atoms with Gasteiger partial charge in [-0.25, -0.2) is 0 Å². The number of nitrogens with two attached hydrogens (primary N) is 1. The van der Waals surface area contributed by atoms with Gasteiger partial charge in [-0.05, 0) is 37.3 Å². The number of carbonyl (C=O) groups is 2. The van der Waals surface area contributed by atoms with Crippen molar-refractivity contribution < 1.29 is 14.3 Å². The number of amides is 2. The molecule has 0 aromatic heterocycles. The van der Waals surface area contributed by atoms with Crippen LogP contribution in [0.3, 0.4) is 0 Å². The fourth-order valence-corrected chi connectivity index (χ4v) is 1.97. The van der Waals surface area contributed by atoms with Crippen LogP contribution in [0.5, 0.6) is 5.75 Å². The third kappa shape index (κ3) is 4.23. The molecule has 5 nitrogen and oxygen atoms in total. The molecule has 3 N–H and O–H groups in total. The van der Waals surface area contributed by atoms with E-state index in [1.165, 1.54) is 12.1 Å². The molecule has 0 atom stereocenters. The van der Waals surface area contributed by atoms with Gasteiger partial charge in [0.05, 0.1) is 5.56 Å². The molecule has 6 heteroatoms. The maximum Gasteiger partial charge on any atom is 0.262 e. The third-order valence-corrected chi connectivity index (χ3v) is 3.14. The molecule has 0 aliphatic heterocycles. The zero-order valence-corrected chi connectivity index (χ0v) is 12.7. The van der Waals surface area contributed by atoms with E-state index in [-0.39, 0.29) is 23.8 Å². The highest BCUT2D eigenvalue weighted by atomic mass is 35.5. The van der Waals surface area contributed by atoms with E-state index in [0.717, 1.165) is 5.56 Å². The van der Waals surface area contributed by atoms with Gasteiger partial charge >= 0.3 is 0 Å². The fraction of sp³-hybridized carbons (Fsp3) is 0.125. The number of halogens is 1. The number of nitrogens with one attached hydrogen (secondary N) is 1. The molecule has 0 radical (unpaired) electrons.